The Kier molecular flexibility index (Phi) is 4.02. The fourth-order valence-electron chi connectivity index (χ4n) is 2.74. The summed E-state index contributed by atoms with van der Waals surface area (Å²) in [6, 6.07) is 4.40. The summed E-state index contributed by atoms with van der Waals surface area (Å²) in [5.74, 6) is 1.49. The molecule has 1 saturated heterocycles. The molecule has 0 saturated carbocycles. The molecule has 0 aliphatic carbocycles. The first kappa shape index (κ1) is 13.9. The van der Waals surface area contributed by atoms with Crippen molar-refractivity contribution in [2.75, 3.05) is 13.7 Å². The molecule has 2 nitrogen and oxygen atoms in total. The summed E-state index contributed by atoms with van der Waals surface area (Å²) >= 11 is 3.70. The smallest absolute Gasteiger partial charge is 0.124 e. The number of nitrogens with one attached hydrogen (secondary N) is 1. The molecular weight excluding hydrogens is 290 g/mol. The first-order chi connectivity index (χ1) is 8.48. The number of ether oxygens (including phenoxy) is 1. The molecule has 1 aliphatic rings. The normalized spacial score (nSPS) is 23.7. The maximum atomic E-state index is 5.61. The van der Waals surface area contributed by atoms with E-state index < -0.39 is 0 Å². The minimum Gasteiger partial charge on any atom is -0.496 e. The van der Waals surface area contributed by atoms with Gasteiger partial charge in [-0.3, -0.25) is 0 Å². The van der Waals surface area contributed by atoms with Crippen molar-refractivity contribution in [3.05, 3.63) is 27.7 Å². The second-order valence-electron chi connectivity index (χ2n) is 5.59. The molecule has 1 aliphatic heterocycles. The summed E-state index contributed by atoms with van der Waals surface area (Å²) in [4.78, 5) is 0. The highest BCUT2D eigenvalue weighted by Crippen LogP contribution is 2.40. The van der Waals surface area contributed by atoms with Crippen LogP contribution in [-0.2, 0) is 5.54 Å². The van der Waals surface area contributed by atoms with E-state index in [2.05, 4.69) is 54.2 Å². The van der Waals surface area contributed by atoms with Crippen LogP contribution < -0.4 is 10.1 Å². The molecule has 0 spiro atoms. The molecule has 1 heterocycles. The fraction of sp³-hybridized carbons (Fsp3) is 0.600. The molecule has 1 aromatic rings. The maximum absolute atomic E-state index is 5.61. The molecule has 2 rings (SSSR count). The van der Waals surface area contributed by atoms with Crippen molar-refractivity contribution in [3.63, 3.8) is 0 Å². The molecule has 0 aromatic heterocycles. The maximum Gasteiger partial charge on any atom is 0.124 e. The Morgan fingerprint density at radius 3 is 2.61 bits per heavy atom. The lowest BCUT2D eigenvalue weighted by Crippen LogP contribution is -2.33. The number of hydrogen-bond acceptors (Lipinski definition) is 2. The molecule has 0 radical (unpaired) electrons. The lowest BCUT2D eigenvalue weighted by atomic mass is 9.88. The third-order valence-corrected chi connectivity index (χ3v) is 4.59. The van der Waals surface area contributed by atoms with Gasteiger partial charge in [-0.05, 0) is 49.9 Å². The number of methoxy groups -OCH3 is 1. The third kappa shape index (κ3) is 2.43. The molecule has 0 bridgehead atoms. The van der Waals surface area contributed by atoms with Crippen molar-refractivity contribution in [2.45, 2.75) is 45.1 Å². The molecule has 1 aromatic carbocycles. The number of hydrogen-bond donors (Lipinski definition) is 1. The summed E-state index contributed by atoms with van der Waals surface area (Å²) in [6.07, 6.45) is 2.39. The van der Waals surface area contributed by atoms with E-state index in [-0.39, 0.29) is 5.54 Å². The van der Waals surface area contributed by atoms with Crippen LogP contribution in [0.25, 0.3) is 0 Å². The zero-order valence-corrected chi connectivity index (χ0v) is 13.2. The lowest BCUT2D eigenvalue weighted by molar-refractivity contribution is 0.370. The van der Waals surface area contributed by atoms with Crippen molar-refractivity contribution in [3.8, 4) is 5.75 Å². The van der Waals surface area contributed by atoms with Gasteiger partial charge < -0.3 is 10.1 Å². The van der Waals surface area contributed by atoms with Crippen LogP contribution in [0.3, 0.4) is 0 Å². The predicted octanol–water partition coefficient (Wildman–Crippen LogP) is 4.18. The summed E-state index contributed by atoms with van der Waals surface area (Å²) in [5, 5.41) is 3.60. The van der Waals surface area contributed by atoms with Gasteiger partial charge in [0.2, 0.25) is 0 Å². The number of rotatable bonds is 3. The summed E-state index contributed by atoms with van der Waals surface area (Å²) in [6.45, 7) is 7.76. The first-order valence-electron chi connectivity index (χ1n) is 6.61. The third-order valence-electron chi connectivity index (χ3n) is 3.90. The molecule has 3 heteroatoms. The second kappa shape index (κ2) is 5.22. The molecule has 1 N–H and O–H groups in total. The summed E-state index contributed by atoms with van der Waals surface area (Å²) in [5.41, 5.74) is 2.61. The van der Waals surface area contributed by atoms with E-state index in [0.29, 0.717) is 5.92 Å². The Morgan fingerprint density at radius 1 is 1.39 bits per heavy atom. The summed E-state index contributed by atoms with van der Waals surface area (Å²) < 4.78 is 6.79. The van der Waals surface area contributed by atoms with Crippen LogP contribution >= 0.6 is 15.9 Å². The average Bonchev–Trinajstić information content (AvgIpc) is 2.76. The minimum absolute atomic E-state index is 0.0450. The van der Waals surface area contributed by atoms with Gasteiger partial charge in [0.25, 0.3) is 0 Å². The van der Waals surface area contributed by atoms with Gasteiger partial charge >= 0.3 is 0 Å². The van der Waals surface area contributed by atoms with Crippen LogP contribution in [0.2, 0.25) is 0 Å². The molecule has 100 valence electrons. The van der Waals surface area contributed by atoms with Crippen molar-refractivity contribution < 1.29 is 4.74 Å². The van der Waals surface area contributed by atoms with E-state index in [1.807, 2.05) is 0 Å². The van der Waals surface area contributed by atoms with Gasteiger partial charge in [0, 0.05) is 15.6 Å². The highest BCUT2D eigenvalue weighted by Gasteiger charge is 2.33. The first-order valence-corrected chi connectivity index (χ1v) is 7.40. The standard InChI is InChI=1S/C15H22BrNO/c1-10(2)11-8-14(18-4)12(9-13(11)16)15(3)6-5-7-17-15/h8-10,17H,5-7H2,1-4H3. The Bertz CT molecular complexity index is 436. The van der Waals surface area contributed by atoms with Gasteiger partial charge in [-0.15, -0.1) is 0 Å². The van der Waals surface area contributed by atoms with E-state index >= 15 is 0 Å². The van der Waals surface area contributed by atoms with Gasteiger partial charge in [0.1, 0.15) is 5.75 Å². The van der Waals surface area contributed by atoms with Gasteiger partial charge in [0.05, 0.1) is 7.11 Å². The largest absolute Gasteiger partial charge is 0.496 e. The van der Waals surface area contributed by atoms with Crippen molar-refractivity contribution in [1.29, 1.82) is 0 Å². The van der Waals surface area contributed by atoms with Crippen LogP contribution in [0.1, 0.15) is 50.7 Å². The number of halogens is 1. The zero-order chi connectivity index (χ0) is 13.3. The predicted molar refractivity (Wildman–Crippen MR) is 79.4 cm³/mol. The van der Waals surface area contributed by atoms with E-state index in [0.717, 1.165) is 18.7 Å². The Labute approximate surface area is 118 Å². The van der Waals surface area contributed by atoms with Crippen LogP contribution in [0.5, 0.6) is 5.75 Å². The average molecular weight is 312 g/mol. The van der Waals surface area contributed by atoms with Crippen molar-refractivity contribution in [2.24, 2.45) is 0 Å². The zero-order valence-electron chi connectivity index (χ0n) is 11.6. The van der Waals surface area contributed by atoms with Crippen molar-refractivity contribution >= 4 is 15.9 Å². The van der Waals surface area contributed by atoms with Crippen LogP contribution in [0.4, 0.5) is 0 Å². The van der Waals surface area contributed by atoms with E-state index in [1.54, 1.807) is 7.11 Å². The molecule has 1 fully saturated rings. The minimum atomic E-state index is 0.0450. The molecular formula is C15H22BrNO. The fourth-order valence-corrected chi connectivity index (χ4v) is 3.54. The molecule has 0 amide bonds. The van der Waals surface area contributed by atoms with Crippen molar-refractivity contribution in [1.82, 2.24) is 5.32 Å². The van der Waals surface area contributed by atoms with Gasteiger partial charge in [-0.1, -0.05) is 29.8 Å². The Morgan fingerprint density at radius 2 is 2.11 bits per heavy atom. The second-order valence-corrected chi connectivity index (χ2v) is 6.45. The van der Waals surface area contributed by atoms with Gasteiger partial charge in [-0.2, -0.15) is 0 Å². The van der Waals surface area contributed by atoms with Gasteiger partial charge in [-0.25, -0.2) is 0 Å². The van der Waals surface area contributed by atoms with Crippen LogP contribution in [0.15, 0.2) is 16.6 Å². The topological polar surface area (TPSA) is 21.3 Å². The highest BCUT2D eigenvalue weighted by atomic mass is 79.9. The summed E-state index contributed by atoms with van der Waals surface area (Å²) in [7, 11) is 1.76. The van der Waals surface area contributed by atoms with Gasteiger partial charge in [0.15, 0.2) is 0 Å². The Hall–Kier alpha value is -0.540. The van der Waals surface area contributed by atoms with E-state index in [4.69, 9.17) is 4.74 Å². The van der Waals surface area contributed by atoms with Crippen LogP contribution in [-0.4, -0.2) is 13.7 Å². The van der Waals surface area contributed by atoms with Crippen LogP contribution in [0, 0.1) is 0 Å². The monoisotopic (exact) mass is 311 g/mol. The number of benzene rings is 1. The van der Waals surface area contributed by atoms with E-state index in [1.165, 1.54) is 22.0 Å². The molecule has 1 atom stereocenters. The Balaban J connectivity index is 2.50. The molecule has 18 heavy (non-hydrogen) atoms. The SMILES string of the molecule is COc1cc(C(C)C)c(Br)cc1C1(C)CCCN1. The quantitative estimate of drug-likeness (QED) is 0.904. The highest BCUT2D eigenvalue weighted by molar-refractivity contribution is 9.10. The lowest BCUT2D eigenvalue weighted by Gasteiger charge is -2.28. The van der Waals surface area contributed by atoms with E-state index in [9.17, 15) is 0 Å². The molecule has 1 unspecified atom stereocenters.